The van der Waals surface area contributed by atoms with Gasteiger partial charge in [-0.2, -0.15) is 0 Å². The second-order valence-corrected chi connectivity index (χ2v) is 9.00. The smallest absolute Gasteiger partial charge is 0.338 e. The van der Waals surface area contributed by atoms with Crippen molar-refractivity contribution < 1.29 is 23.2 Å². The number of para-hydroxylation sites is 1. The van der Waals surface area contributed by atoms with E-state index in [9.17, 15) is 9.59 Å². The number of fused-ring (bicyclic) bond motifs is 1. The van der Waals surface area contributed by atoms with Crippen LogP contribution in [-0.2, 0) is 4.74 Å². The molecule has 5 aromatic rings. The Morgan fingerprint density at radius 3 is 2.56 bits per heavy atom. The van der Waals surface area contributed by atoms with Crippen LogP contribution < -0.4 is 5.32 Å². The van der Waals surface area contributed by atoms with E-state index < -0.39 is 17.5 Å². The summed E-state index contributed by atoms with van der Waals surface area (Å²) in [5.74, 6) is -0.348. The van der Waals surface area contributed by atoms with Crippen LogP contribution in [0.15, 0.2) is 81.8 Å². The molecule has 0 radical (unpaired) electrons. The number of pyridine rings is 1. The van der Waals surface area contributed by atoms with Crippen LogP contribution in [0.4, 0.5) is 6.01 Å². The SMILES string of the molecule is CC(C)(C)OC(=O)c1cccc(-c2cc(C(=O)Nc3nnc(-c4ccco4)o3)c3ccccc3n2)c1. The van der Waals surface area contributed by atoms with Crippen LogP contribution in [0.3, 0.4) is 0 Å². The Hall–Kier alpha value is -4.79. The van der Waals surface area contributed by atoms with Gasteiger partial charge in [0.2, 0.25) is 0 Å². The molecule has 0 aliphatic rings. The Labute approximate surface area is 206 Å². The normalized spacial score (nSPS) is 11.4. The highest BCUT2D eigenvalue weighted by Crippen LogP contribution is 2.27. The van der Waals surface area contributed by atoms with Crippen molar-refractivity contribution in [1.82, 2.24) is 15.2 Å². The van der Waals surface area contributed by atoms with E-state index in [1.165, 1.54) is 6.26 Å². The minimum atomic E-state index is -0.620. The van der Waals surface area contributed by atoms with Crippen LogP contribution >= 0.6 is 0 Å². The minimum Gasteiger partial charge on any atom is -0.459 e. The fourth-order valence-corrected chi connectivity index (χ4v) is 3.59. The van der Waals surface area contributed by atoms with E-state index in [1.807, 2.05) is 45.0 Å². The number of hydrogen-bond acceptors (Lipinski definition) is 8. The number of aromatic nitrogens is 3. The standard InChI is InChI=1S/C27H22N4O5/c1-27(2,3)36-25(33)17-9-6-8-16(14-17)21-15-19(18-10-4-5-11-20(18)28-21)23(32)29-26-31-30-24(35-26)22-12-7-13-34-22/h4-15H,1-3H3,(H,29,31,32). The minimum absolute atomic E-state index is 0.0687. The van der Waals surface area contributed by atoms with E-state index in [4.69, 9.17) is 18.6 Å². The molecule has 3 aromatic heterocycles. The summed E-state index contributed by atoms with van der Waals surface area (Å²) in [7, 11) is 0. The van der Waals surface area contributed by atoms with E-state index in [1.54, 1.807) is 42.5 Å². The van der Waals surface area contributed by atoms with Crippen LogP contribution in [0.5, 0.6) is 0 Å². The average molecular weight is 482 g/mol. The predicted molar refractivity (Wildman–Crippen MR) is 132 cm³/mol. The van der Waals surface area contributed by atoms with Gasteiger partial charge in [0.05, 0.1) is 28.6 Å². The number of nitrogens with zero attached hydrogens (tertiary/aromatic N) is 3. The number of rotatable bonds is 5. The summed E-state index contributed by atoms with van der Waals surface area (Å²) < 4.78 is 16.3. The van der Waals surface area contributed by atoms with Crippen LogP contribution in [0.25, 0.3) is 33.8 Å². The second-order valence-electron chi connectivity index (χ2n) is 9.00. The number of hydrogen-bond donors (Lipinski definition) is 1. The molecule has 0 aliphatic carbocycles. The monoisotopic (exact) mass is 482 g/mol. The Morgan fingerprint density at radius 2 is 1.78 bits per heavy atom. The number of carbonyl (C=O) groups is 2. The number of furan rings is 1. The maximum absolute atomic E-state index is 13.3. The van der Waals surface area contributed by atoms with Gasteiger partial charge in [0.1, 0.15) is 5.60 Å². The maximum Gasteiger partial charge on any atom is 0.338 e. The number of ether oxygens (including phenoxy) is 1. The first-order valence-electron chi connectivity index (χ1n) is 11.2. The molecule has 0 atom stereocenters. The van der Waals surface area contributed by atoms with Gasteiger partial charge in [0.25, 0.3) is 11.8 Å². The molecule has 36 heavy (non-hydrogen) atoms. The molecule has 5 rings (SSSR count). The number of benzene rings is 2. The molecule has 0 saturated heterocycles. The van der Waals surface area contributed by atoms with Crippen molar-refractivity contribution in [2.45, 2.75) is 26.4 Å². The Bertz CT molecular complexity index is 1560. The van der Waals surface area contributed by atoms with Gasteiger partial charge >= 0.3 is 12.0 Å². The Kier molecular flexibility index (Phi) is 5.81. The summed E-state index contributed by atoms with van der Waals surface area (Å²) in [4.78, 5) is 30.6. The van der Waals surface area contributed by atoms with Crippen molar-refractivity contribution in [3.63, 3.8) is 0 Å². The highest BCUT2D eigenvalue weighted by Gasteiger charge is 2.20. The molecule has 1 N–H and O–H groups in total. The van der Waals surface area contributed by atoms with E-state index in [-0.39, 0.29) is 11.9 Å². The van der Waals surface area contributed by atoms with Crippen LogP contribution in [-0.4, -0.2) is 32.7 Å². The van der Waals surface area contributed by atoms with Crippen molar-refractivity contribution >= 4 is 28.8 Å². The van der Waals surface area contributed by atoms with Crippen molar-refractivity contribution in [1.29, 1.82) is 0 Å². The Balaban J connectivity index is 1.49. The topological polar surface area (TPSA) is 120 Å². The molecule has 180 valence electrons. The summed E-state index contributed by atoms with van der Waals surface area (Å²) in [5, 5.41) is 11.1. The van der Waals surface area contributed by atoms with Crippen molar-refractivity contribution in [2.75, 3.05) is 5.32 Å². The summed E-state index contributed by atoms with van der Waals surface area (Å²) in [5.41, 5.74) is 1.92. The number of carbonyl (C=O) groups excluding carboxylic acids is 2. The lowest BCUT2D eigenvalue weighted by Crippen LogP contribution is -2.23. The summed E-state index contributed by atoms with van der Waals surface area (Å²) in [6.45, 7) is 5.43. The average Bonchev–Trinajstić information content (AvgIpc) is 3.54. The zero-order chi connectivity index (χ0) is 25.3. The third-order valence-electron chi connectivity index (χ3n) is 5.13. The zero-order valence-corrected chi connectivity index (χ0v) is 19.8. The predicted octanol–water partition coefficient (Wildman–Crippen LogP) is 5.75. The lowest BCUT2D eigenvalue weighted by atomic mass is 10.0. The summed E-state index contributed by atoms with van der Waals surface area (Å²) in [6.07, 6.45) is 1.49. The number of anilines is 1. The molecule has 0 saturated carbocycles. The highest BCUT2D eigenvalue weighted by molar-refractivity contribution is 6.12. The number of esters is 1. The molecule has 0 fully saturated rings. The van der Waals surface area contributed by atoms with E-state index in [0.29, 0.717) is 39.0 Å². The molecule has 3 heterocycles. The first-order chi connectivity index (χ1) is 17.3. The van der Waals surface area contributed by atoms with E-state index in [0.717, 1.165) is 0 Å². The molecule has 9 heteroatoms. The highest BCUT2D eigenvalue weighted by atomic mass is 16.6. The zero-order valence-electron chi connectivity index (χ0n) is 19.8. The first-order valence-corrected chi connectivity index (χ1v) is 11.2. The molecule has 0 bridgehead atoms. The quantitative estimate of drug-likeness (QED) is 0.314. The molecule has 9 nitrogen and oxygen atoms in total. The van der Waals surface area contributed by atoms with Crippen molar-refractivity contribution in [2.24, 2.45) is 0 Å². The summed E-state index contributed by atoms with van der Waals surface area (Å²) in [6, 6.07) is 19.2. The fraction of sp³-hybridized carbons (Fsp3) is 0.148. The third-order valence-corrected chi connectivity index (χ3v) is 5.13. The molecular formula is C27H22N4O5. The molecular weight excluding hydrogens is 460 g/mol. The van der Waals surface area contributed by atoms with E-state index in [2.05, 4.69) is 15.5 Å². The van der Waals surface area contributed by atoms with Crippen molar-refractivity contribution in [3.8, 4) is 22.9 Å². The van der Waals surface area contributed by atoms with Crippen molar-refractivity contribution in [3.05, 3.63) is 84.1 Å². The molecule has 0 unspecified atom stereocenters. The molecule has 2 aromatic carbocycles. The first kappa shape index (κ1) is 23.0. The second kappa shape index (κ2) is 9.10. The van der Waals surface area contributed by atoms with Gasteiger partial charge in [-0.15, -0.1) is 5.10 Å². The lowest BCUT2D eigenvalue weighted by molar-refractivity contribution is 0.00694. The molecule has 0 aliphatic heterocycles. The van der Waals surface area contributed by atoms with Gasteiger partial charge in [-0.05, 0) is 57.2 Å². The molecule has 1 amide bonds. The number of nitrogens with one attached hydrogen (secondary N) is 1. The third kappa shape index (κ3) is 4.85. The largest absolute Gasteiger partial charge is 0.459 e. The van der Waals surface area contributed by atoms with Gasteiger partial charge in [-0.3, -0.25) is 10.1 Å². The van der Waals surface area contributed by atoms with Gasteiger partial charge in [-0.1, -0.05) is 35.4 Å². The van der Waals surface area contributed by atoms with Crippen LogP contribution in [0.2, 0.25) is 0 Å². The lowest BCUT2D eigenvalue weighted by Gasteiger charge is -2.19. The van der Waals surface area contributed by atoms with Crippen LogP contribution in [0, 0.1) is 0 Å². The summed E-state index contributed by atoms with van der Waals surface area (Å²) >= 11 is 0. The Morgan fingerprint density at radius 1 is 0.944 bits per heavy atom. The van der Waals surface area contributed by atoms with E-state index >= 15 is 0 Å². The van der Waals surface area contributed by atoms with Gasteiger partial charge in [-0.25, -0.2) is 9.78 Å². The van der Waals surface area contributed by atoms with Crippen LogP contribution in [0.1, 0.15) is 41.5 Å². The van der Waals surface area contributed by atoms with Gasteiger partial charge in [0.15, 0.2) is 5.76 Å². The maximum atomic E-state index is 13.3. The molecule has 0 spiro atoms. The van der Waals surface area contributed by atoms with Gasteiger partial charge < -0.3 is 13.6 Å². The fourth-order valence-electron chi connectivity index (χ4n) is 3.59. The number of amides is 1. The van der Waals surface area contributed by atoms with Gasteiger partial charge in [0, 0.05) is 10.9 Å².